The normalized spacial score (nSPS) is 44.5. The highest BCUT2D eigenvalue weighted by Crippen LogP contribution is 2.65. The van der Waals surface area contributed by atoms with Crippen LogP contribution in [0, 0.1) is 22.7 Å². The third-order valence-corrected chi connectivity index (χ3v) is 8.48. The van der Waals surface area contributed by atoms with Crippen LogP contribution in [0.4, 0.5) is 0 Å². The van der Waals surface area contributed by atoms with Gasteiger partial charge < -0.3 is 14.9 Å². The van der Waals surface area contributed by atoms with Gasteiger partial charge in [-0.05, 0) is 56.8 Å². The summed E-state index contributed by atoms with van der Waals surface area (Å²) in [7, 11) is 0. The number of hydrogen-bond acceptors (Lipinski definition) is 5. The zero-order valence-corrected chi connectivity index (χ0v) is 17.2. The fraction of sp³-hybridized carbons (Fsp3) is 0.739. The predicted molar refractivity (Wildman–Crippen MR) is 104 cm³/mol. The molecule has 0 bridgehead atoms. The molecule has 4 aliphatic carbocycles. The molecule has 0 heterocycles. The Labute approximate surface area is 166 Å². The zero-order valence-electron chi connectivity index (χ0n) is 17.2. The van der Waals surface area contributed by atoms with E-state index in [1.807, 2.05) is 6.92 Å². The Balaban J connectivity index is 1.65. The Bertz CT molecular complexity index is 767. The van der Waals surface area contributed by atoms with E-state index < -0.39 is 17.0 Å². The number of Topliss-reactive ketones (excluding diaryl/α,β-unsaturated/α-hetero) is 1. The second-order valence-corrected chi connectivity index (χ2v) is 9.77. The third kappa shape index (κ3) is 2.66. The van der Waals surface area contributed by atoms with Crippen LogP contribution in [-0.4, -0.2) is 40.3 Å². The minimum Gasteiger partial charge on any atom is -0.458 e. The number of allylic oxidation sites excluding steroid dienone is 3. The molecule has 0 aromatic heterocycles. The van der Waals surface area contributed by atoms with E-state index in [4.69, 9.17) is 4.74 Å². The van der Waals surface area contributed by atoms with Gasteiger partial charge in [0.2, 0.25) is 5.78 Å². The summed E-state index contributed by atoms with van der Waals surface area (Å²) in [6.45, 7) is 5.28. The molecule has 3 unspecified atom stereocenters. The van der Waals surface area contributed by atoms with Crippen LogP contribution in [0.15, 0.2) is 23.3 Å². The van der Waals surface area contributed by atoms with Gasteiger partial charge in [0.05, 0.1) is 6.10 Å². The number of carbonyl (C=O) groups excluding carboxylic acids is 2. The molecule has 154 valence electrons. The van der Waals surface area contributed by atoms with Crippen molar-refractivity contribution in [3.05, 3.63) is 23.3 Å². The summed E-state index contributed by atoms with van der Waals surface area (Å²) in [6.07, 6.45) is 9.65. The summed E-state index contributed by atoms with van der Waals surface area (Å²) in [5, 5.41) is 21.5. The average Bonchev–Trinajstić information content (AvgIpc) is 2.92. The van der Waals surface area contributed by atoms with Gasteiger partial charge in [0.15, 0.2) is 6.61 Å². The van der Waals surface area contributed by atoms with E-state index in [0.717, 1.165) is 32.1 Å². The molecule has 4 aliphatic rings. The van der Waals surface area contributed by atoms with Crippen molar-refractivity contribution < 1.29 is 24.5 Å². The topological polar surface area (TPSA) is 83.8 Å². The molecule has 0 saturated heterocycles. The first-order valence-corrected chi connectivity index (χ1v) is 10.6. The van der Waals surface area contributed by atoms with E-state index >= 15 is 0 Å². The molecular formula is C23H32O5. The van der Waals surface area contributed by atoms with Gasteiger partial charge >= 0.3 is 5.97 Å². The first kappa shape index (κ1) is 19.8. The molecule has 0 aromatic rings. The molecule has 2 N–H and O–H groups in total. The lowest BCUT2D eigenvalue weighted by atomic mass is 9.50. The van der Waals surface area contributed by atoms with Crippen LogP contribution in [0.25, 0.3) is 0 Å². The van der Waals surface area contributed by atoms with Gasteiger partial charge in [0.25, 0.3) is 0 Å². The van der Waals surface area contributed by atoms with Gasteiger partial charge in [-0.2, -0.15) is 0 Å². The molecule has 0 aromatic carbocycles. The highest BCUT2D eigenvalue weighted by Gasteiger charge is 2.64. The number of fused-ring (bicyclic) bond motifs is 5. The van der Waals surface area contributed by atoms with Crippen molar-refractivity contribution in [3.63, 3.8) is 0 Å². The highest BCUT2D eigenvalue weighted by atomic mass is 16.5. The maximum atomic E-state index is 12.8. The summed E-state index contributed by atoms with van der Waals surface area (Å²) in [6, 6.07) is 0. The average molecular weight is 389 g/mol. The van der Waals surface area contributed by atoms with Crippen molar-refractivity contribution >= 4 is 11.8 Å². The van der Waals surface area contributed by atoms with Crippen LogP contribution >= 0.6 is 0 Å². The SMILES string of the molecule is CC(=O)OCC(=O)[C@@]1(O)CCC2C3CCC4=CC(O)CC[C@]4(C)C3=CC[C@@]21C. The summed E-state index contributed by atoms with van der Waals surface area (Å²) in [5.41, 5.74) is 0.859. The standard InChI is InChI=1S/C23H32O5/c1-14(24)28-13-20(26)23(27)11-8-19-17-5-4-15-12-16(25)6-9-21(15,2)18(17)7-10-22(19,23)3/h7,12,16-17,19,25,27H,4-6,8-11,13H2,1-3H3/t16?,17?,19?,21-,22-,23-/m0/s1. The van der Waals surface area contributed by atoms with Crippen LogP contribution in [0.5, 0.6) is 0 Å². The number of aliphatic hydroxyl groups excluding tert-OH is 1. The van der Waals surface area contributed by atoms with Crippen LogP contribution in [-0.2, 0) is 14.3 Å². The molecule has 4 rings (SSSR count). The molecule has 0 amide bonds. The molecule has 2 fully saturated rings. The Kier molecular flexibility index (Phi) is 4.63. The molecular weight excluding hydrogens is 356 g/mol. The van der Waals surface area contributed by atoms with Crippen molar-refractivity contribution in [2.24, 2.45) is 22.7 Å². The predicted octanol–water partition coefficient (Wildman–Crippen LogP) is 3.09. The quantitative estimate of drug-likeness (QED) is 0.573. The van der Waals surface area contributed by atoms with Gasteiger partial charge in [-0.25, -0.2) is 0 Å². The van der Waals surface area contributed by atoms with Gasteiger partial charge in [0.1, 0.15) is 5.60 Å². The van der Waals surface area contributed by atoms with Crippen molar-refractivity contribution in [2.45, 2.75) is 77.4 Å². The van der Waals surface area contributed by atoms with E-state index in [1.54, 1.807) is 0 Å². The van der Waals surface area contributed by atoms with Gasteiger partial charge in [-0.15, -0.1) is 0 Å². The summed E-state index contributed by atoms with van der Waals surface area (Å²) < 4.78 is 4.91. The first-order valence-electron chi connectivity index (χ1n) is 10.6. The molecule has 2 saturated carbocycles. The van der Waals surface area contributed by atoms with Crippen molar-refractivity contribution in [2.75, 3.05) is 6.61 Å². The van der Waals surface area contributed by atoms with E-state index in [0.29, 0.717) is 18.8 Å². The smallest absolute Gasteiger partial charge is 0.303 e. The first-order chi connectivity index (χ1) is 13.1. The zero-order chi connectivity index (χ0) is 20.3. The Morgan fingerprint density at radius 2 is 1.96 bits per heavy atom. The molecule has 28 heavy (non-hydrogen) atoms. The fourth-order valence-corrected chi connectivity index (χ4v) is 6.76. The lowest BCUT2D eigenvalue weighted by molar-refractivity contribution is -0.162. The van der Waals surface area contributed by atoms with Crippen LogP contribution < -0.4 is 0 Å². The van der Waals surface area contributed by atoms with Crippen LogP contribution in [0.1, 0.15) is 65.7 Å². The van der Waals surface area contributed by atoms with Crippen LogP contribution in [0.2, 0.25) is 0 Å². The van der Waals surface area contributed by atoms with Crippen molar-refractivity contribution in [1.29, 1.82) is 0 Å². The maximum absolute atomic E-state index is 12.8. The molecule has 5 nitrogen and oxygen atoms in total. The van der Waals surface area contributed by atoms with Gasteiger partial charge in [0, 0.05) is 17.8 Å². The second-order valence-electron chi connectivity index (χ2n) is 9.77. The number of ketones is 1. The van der Waals surface area contributed by atoms with E-state index in [9.17, 15) is 19.8 Å². The summed E-state index contributed by atoms with van der Waals surface area (Å²) in [5.74, 6) is -0.245. The second kappa shape index (κ2) is 6.53. The molecule has 0 radical (unpaired) electrons. The van der Waals surface area contributed by atoms with Gasteiger partial charge in [-0.3, -0.25) is 9.59 Å². The van der Waals surface area contributed by atoms with Gasteiger partial charge in [-0.1, -0.05) is 37.1 Å². The Hall–Kier alpha value is -1.46. The number of carbonyl (C=O) groups is 2. The lowest BCUT2D eigenvalue weighted by Crippen LogP contribution is -2.55. The summed E-state index contributed by atoms with van der Waals surface area (Å²) >= 11 is 0. The minimum absolute atomic E-state index is 0.00589. The largest absolute Gasteiger partial charge is 0.458 e. The highest BCUT2D eigenvalue weighted by molar-refractivity contribution is 5.91. The van der Waals surface area contributed by atoms with E-state index in [-0.39, 0.29) is 29.8 Å². The van der Waals surface area contributed by atoms with E-state index in [1.165, 1.54) is 18.1 Å². The Morgan fingerprint density at radius 3 is 2.68 bits per heavy atom. The Morgan fingerprint density at radius 1 is 1.21 bits per heavy atom. The molecule has 5 heteroatoms. The number of hydrogen-bond donors (Lipinski definition) is 2. The van der Waals surface area contributed by atoms with E-state index in [2.05, 4.69) is 19.1 Å². The van der Waals surface area contributed by atoms with Crippen molar-refractivity contribution in [1.82, 2.24) is 0 Å². The monoisotopic (exact) mass is 388 g/mol. The lowest BCUT2D eigenvalue weighted by Gasteiger charge is -2.54. The third-order valence-electron chi connectivity index (χ3n) is 8.48. The van der Waals surface area contributed by atoms with Crippen LogP contribution in [0.3, 0.4) is 0 Å². The number of aliphatic hydroxyl groups is 2. The molecule has 6 atom stereocenters. The number of ether oxygens (including phenoxy) is 1. The number of rotatable bonds is 3. The minimum atomic E-state index is -1.44. The number of esters is 1. The molecule has 0 aliphatic heterocycles. The summed E-state index contributed by atoms with van der Waals surface area (Å²) in [4.78, 5) is 24.0. The maximum Gasteiger partial charge on any atom is 0.303 e. The molecule has 0 spiro atoms. The van der Waals surface area contributed by atoms with Crippen molar-refractivity contribution in [3.8, 4) is 0 Å². The fourth-order valence-electron chi connectivity index (χ4n) is 6.76.